The number of hydrogen-bond donors (Lipinski definition) is 1. The summed E-state index contributed by atoms with van der Waals surface area (Å²) in [6.45, 7) is 5.16. The summed E-state index contributed by atoms with van der Waals surface area (Å²) in [5, 5.41) is 3.30. The van der Waals surface area contributed by atoms with Crippen molar-refractivity contribution in [1.82, 2.24) is 4.98 Å². The van der Waals surface area contributed by atoms with Gasteiger partial charge in [-0.3, -0.25) is 4.79 Å². The third kappa shape index (κ3) is 4.61. The summed E-state index contributed by atoms with van der Waals surface area (Å²) < 4.78 is 18.4. The molecule has 2 aromatic carbocycles. The van der Waals surface area contributed by atoms with Gasteiger partial charge in [0.15, 0.2) is 6.10 Å². The molecule has 0 aliphatic rings. The summed E-state index contributed by atoms with van der Waals surface area (Å²) in [6.07, 6.45) is -0.968. The number of nitrogens with one attached hydrogen (secondary N) is 1. The van der Waals surface area contributed by atoms with E-state index >= 15 is 0 Å². The Kier molecular flexibility index (Phi) is 5.84. The Hall–Kier alpha value is -3.06. The van der Waals surface area contributed by atoms with E-state index in [4.69, 9.17) is 4.74 Å². The maximum absolute atomic E-state index is 13.1. The van der Waals surface area contributed by atoms with Crippen molar-refractivity contribution in [3.05, 3.63) is 70.5 Å². The number of aryl methyl sites for hydroxylation is 2. The summed E-state index contributed by atoms with van der Waals surface area (Å²) in [7, 11) is 0. The van der Waals surface area contributed by atoms with Gasteiger partial charge in [0.25, 0.3) is 5.91 Å². The minimum absolute atomic E-state index is 0.314. The highest BCUT2D eigenvalue weighted by atomic mass is 32.1. The van der Waals surface area contributed by atoms with Crippen molar-refractivity contribution >= 4 is 28.9 Å². The van der Waals surface area contributed by atoms with E-state index in [1.807, 2.05) is 19.1 Å². The Bertz CT molecular complexity index is 997. The fourth-order valence-electron chi connectivity index (χ4n) is 2.45. The summed E-state index contributed by atoms with van der Waals surface area (Å²) in [5.74, 6) is -1.38. The maximum Gasteiger partial charge on any atom is 0.351 e. The molecule has 3 aromatic rings. The van der Waals surface area contributed by atoms with Gasteiger partial charge in [-0.15, -0.1) is 11.3 Å². The number of aromatic nitrogens is 1. The third-order valence-electron chi connectivity index (χ3n) is 4.05. The molecule has 0 aliphatic heterocycles. The van der Waals surface area contributed by atoms with Gasteiger partial charge < -0.3 is 10.1 Å². The van der Waals surface area contributed by atoms with Gasteiger partial charge in [-0.05, 0) is 57.2 Å². The maximum atomic E-state index is 13.1. The van der Waals surface area contributed by atoms with Crippen molar-refractivity contribution in [2.45, 2.75) is 26.9 Å². The van der Waals surface area contributed by atoms with E-state index in [-0.39, 0.29) is 5.82 Å². The van der Waals surface area contributed by atoms with Crippen LogP contribution in [0.2, 0.25) is 0 Å². The first-order valence-corrected chi connectivity index (χ1v) is 9.47. The molecule has 0 radical (unpaired) electrons. The number of benzene rings is 2. The second kappa shape index (κ2) is 8.31. The van der Waals surface area contributed by atoms with E-state index < -0.39 is 18.0 Å². The van der Waals surface area contributed by atoms with Crippen molar-refractivity contribution in [3.8, 4) is 10.6 Å². The SMILES string of the molecule is Cc1ccc(NC(=O)[C@H](C)OC(=O)c2sc(-c3ccc(F)cc3)nc2C)cc1. The first kappa shape index (κ1) is 19.7. The largest absolute Gasteiger partial charge is 0.448 e. The third-order valence-corrected chi connectivity index (χ3v) is 5.23. The van der Waals surface area contributed by atoms with Crippen molar-refractivity contribution in [2.24, 2.45) is 0 Å². The van der Waals surface area contributed by atoms with Crippen LogP contribution in [0.5, 0.6) is 0 Å². The van der Waals surface area contributed by atoms with Crippen LogP contribution in [0.4, 0.5) is 10.1 Å². The second-order valence-corrected chi connectivity index (χ2v) is 7.34. The van der Waals surface area contributed by atoms with Gasteiger partial charge in [0, 0.05) is 11.3 Å². The summed E-state index contributed by atoms with van der Waals surface area (Å²) >= 11 is 1.15. The van der Waals surface area contributed by atoms with Crippen LogP contribution >= 0.6 is 11.3 Å². The van der Waals surface area contributed by atoms with Crippen molar-refractivity contribution in [2.75, 3.05) is 5.32 Å². The van der Waals surface area contributed by atoms with Gasteiger partial charge in [-0.2, -0.15) is 0 Å². The molecule has 1 heterocycles. The zero-order valence-corrected chi connectivity index (χ0v) is 16.5. The Morgan fingerprint density at radius 3 is 2.36 bits per heavy atom. The minimum atomic E-state index is -0.968. The van der Waals surface area contributed by atoms with E-state index in [0.717, 1.165) is 16.9 Å². The Balaban J connectivity index is 1.67. The fraction of sp³-hybridized carbons (Fsp3) is 0.190. The first-order chi connectivity index (χ1) is 13.3. The van der Waals surface area contributed by atoms with Gasteiger partial charge in [0.1, 0.15) is 15.7 Å². The number of esters is 1. The van der Waals surface area contributed by atoms with Crippen LogP contribution in [0.1, 0.15) is 27.9 Å². The lowest BCUT2D eigenvalue weighted by Gasteiger charge is -2.13. The number of amides is 1. The van der Waals surface area contributed by atoms with Crippen LogP contribution in [-0.2, 0) is 9.53 Å². The molecule has 1 aromatic heterocycles. The number of hydrogen-bond acceptors (Lipinski definition) is 5. The molecule has 28 heavy (non-hydrogen) atoms. The molecule has 7 heteroatoms. The molecule has 0 bridgehead atoms. The number of ether oxygens (including phenoxy) is 1. The molecule has 0 saturated heterocycles. The molecular formula is C21H19FN2O3S. The number of halogens is 1. The average molecular weight is 398 g/mol. The molecule has 0 aliphatic carbocycles. The predicted molar refractivity (Wildman–Crippen MR) is 107 cm³/mol. The first-order valence-electron chi connectivity index (χ1n) is 8.65. The molecule has 144 valence electrons. The van der Waals surface area contributed by atoms with Gasteiger partial charge in [0.05, 0.1) is 5.69 Å². The Morgan fingerprint density at radius 2 is 1.71 bits per heavy atom. The number of anilines is 1. The number of carbonyl (C=O) groups is 2. The zero-order valence-electron chi connectivity index (χ0n) is 15.7. The van der Waals surface area contributed by atoms with Crippen LogP contribution in [0.15, 0.2) is 48.5 Å². The van der Waals surface area contributed by atoms with Crippen LogP contribution in [0.3, 0.4) is 0 Å². The van der Waals surface area contributed by atoms with Crippen LogP contribution in [0, 0.1) is 19.7 Å². The number of rotatable bonds is 5. The van der Waals surface area contributed by atoms with E-state index in [2.05, 4.69) is 10.3 Å². The number of nitrogens with zero attached hydrogens (tertiary/aromatic N) is 1. The highest BCUT2D eigenvalue weighted by Gasteiger charge is 2.23. The predicted octanol–water partition coefficient (Wildman–Crippen LogP) is 4.75. The molecule has 0 spiro atoms. The Labute approximate surface area is 166 Å². The second-order valence-electron chi connectivity index (χ2n) is 6.34. The lowest BCUT2D eigenvalue weighted by molar-refractivity contribution is -0.123. The van der Waals surface area contributed by atoms with Crippen LogP contribution in [-0.4, -0.2) is 23.0 Å². The molecule has 0 unspecified atom stereocenters. The zero-order chi connectivity index (χ0) is 20.3. The van der Waals surface area contributed by atoms with E-state index in [9.17, 15) is 14.0 Å². The Morgan fingerprint density at radius 1 is 1.07 bits per heavy atom. The fourth-order valence-corrected chi connectivity index (χ4v) is 3.40. The molecule has 3 rings (SSSR count). The summed E-state index contributed by atoms with van der Waals surface area (Å²) in [4.78, 5) is 29.4. The van der Waals surface area contributed by atoms with Crippen LogP contribution < -0.4 is 5.32 Å². The molecule has 0 fully saturated rings. The van der Waals surface area contributed by atoms with E-state index in [1.54, 1.807) is 31.2 Å². The lowest BCUT2D eigenvalue weighted by atomic mass is 10.2. The highest BCUT2D eigenvalue weighted by molar-refractivity contribution is 7.17. The van der Waals surface area contributed by atoms with E-state index in [0.29, 0.717) is 26.8 Å². The van der Waals surface area contributed by atoms with Gasteiger partial charge in [0.2, 0.25) is 0 Å². The summed E-state index contributed by atoms with van der Waals surface area (Å²) in [5.41, 5.74) is 2.92. The molecule has 0 saturated carbocycles. The molecule has 5 nitrogen and oxygen atoms in total. The number of carbonyl (C=O) groups excluding carboxylic acids is 2. The van der Waals surface area contributed by atoms with Crippen LogP contribution in [0.25, 0.3) is 10.6 Å². The smallest absolute Gasteiger partial charge is 0.351 e. The number of thiazole rings is 1. The van der Waals surface area contributed by atoms with Crippen molar-refractivity contribution in [1.29, 1.82) is 0 Å². The topological polar surface area (TPSA) is 68.3 Å². The highest BCUT2D eigenvalue weighted by Crippen LogP contribution is 2.28. The molecule has 1 N–H and O–H groups in total. The van der Waals surface area contributed by atoms with Crippen molar-refractivity contribution in [3.63, 3.8) is 0 Å². The molecular weight excluding hydrogens is 379 g/mol. The standard InChI is InChI=1S/C21H19FN2O3S/c1-12-4-10-17(11-5-12)24-19(25)14(3)27-21(26)18-13(2)23-20(28-18)15-6-8-16(22)9-7-15/h4-11,14H,1-3H3,(H,24,25)/t14-/m0/s1. The molecule has 1 amide bonds. The normalized spacial score (nSPS) is 11.7. The van der Waals surface area contributed by atoms with E-state index in [1.165, 1.54) is 19.1 Å². The lowest BCUT2D eigenvalue weighted by Crippen LogP contribution is -2.29. The quantitative estimate of drug-likeness (QED) is 0.630. The molecule has 1 atom stereocenters. The van der Waals surface area contributed by atoms with Gasteiger partial charge in [-0.25, -0.2) is 14.2 Å². The van der Waals surface area contributed by atoms with Gasteiger partial charge in [-0.1, -0.05) is 17.7 Å². The van der Waals surface area contributed by atoms with Gasteiger partial charge >= 0.3 is 5.97 Å². The average Bonchev–Trinajstić information content (AvgIpc) is 3.06. The summed E-state index contributed by atoms with van der Waals surface area (Å²) in [6, 6.07) is 13.2. The minimum Gasteiger partial charge on any atom is -0.448 e. The van der Waals surface area contributed by atoms with Crippen molar-refractivity contribution < 1.29 is 18.7 Å². The monoisotopic (exact) mass is 398 g/mol.